The molecule has 0 spiro atoms. The van der Waals surface area contributed by atoms with E-state index in [1.165, 1.54) is 57.4 Å². The molecule has 0 unspecified atom stereocenters. The summed E-state index contributed by atoms with van der Waals surface area (Å²) >= 11 is 0. The first-order valence-corrected chi connectivity index (χ1v) is 8.78. The Bertz CT molecular complexity index is 471. The summed E-state index contributed by atoms with van der Waals surface area (Å²) in [7, 11) is 0. The summed E-state index contributed by atoms with van der Waals surface area (Å²) in [6.45, 7) is 2.25. The van der Waals surface area contributed by atoms with E-state index in [1.807, 2.05) is 12.1 Å². The van der Waals surface area contributed by atoms with Gasteiger partial charge in [0.2, 0.25) is 0 Å². The van der Waals surface area contributed by atoms with E-state index in [-0.39, 0.29) is 5.82 Å². The van der Waals surface area contributed by atoms with Crippen LogP contribution in [-0.4, -0.2) is 0 Å². The van der Waals surface area contributed by atoms with E-state index in [9.17, 15) is 8.78 Å². The number of hydrogen-bond acceptors (Lipinski definition) is 0. The Balaban J connectivity index is 1.87. The highest BCUT2D eigenvalue weighted by Gasteiger charge is 2.22. The lowest BCUT2D eigenvalue weighted by Gasteiger charge is -2.29. The van der Waals surface area contributed by atoms with Crippen molar-refractivity contribution in [3.05, 3.63) is 47.5 Å². The van der Waals surface area contributed by atoms with Gasteiger partial charge in [-0.2, -0.15) is 0 Å². The van der Waals surface area contributed by atoms with Gasteiger partial charge in [0.15, 0.2) is 0 Å². The predicted molar refractivity (Wildman–Crippen MR) is 89.2 cm³/mol. The van der Waals surface area contributed by atoms with Crippen molar-refractivity contribution in [2.75, 3.05) is 0 Å². The Kier molecular flexibility index (Phi) is 7.08. The summed E-state index contributed by atoms with van der Waals surface area (Å²) in [6, 6.07) is 5.52. The number of hydrogen-bond donors (Lipinski definition) is 0. The summed E-state index contributed by atoms with van der Waals surface area (Å²) in [4.78, 5) is 0. The summed E-state index contributed by atoms with van der Waals surface area (Å²) in [5, 5.41) is 0. The molecule has 1 aromatic rings. The van der Waals surface area contributed by atoms with Crippen LogP contribution in [0.4, 0.5) is 8.78 Å². The van der Waals surface area contributed by atoms with E-state index in [0.717, 1.165) is 11.5 Å². The second-order valence-electron chi connectivity index (χ2n) is 6.63. The van der Waals surface area contributed by atoms with E-state index in [4.69, 9.17) is 0 Å². The summed E-state index contributed by atoms with van der Waals surface area (Å²) in [5.41, 5.74) is 1.70. The first-order chi connectivity index (χ1) is 10.7. The van der Waals surface area contributed by atoms with Gasteiger partial charge in [-0.15, -0.1) is 0 Å². The first-order valence-electron chi connectivity index (χ1n) is 8.78. The lowest BCUT2D eigenvalue weighted by molar-refractivity contribution is 0.302. The molecule has 0 aromatic heterocycles. The Labute approximate surface area is 133 Å². The normalized spacial score (nSPS) is 22.3. The fourth-order valence-electron chi connectivity index (χ4n) is 3.62. The molecule has 1 aliphatic carbocycles. The molecule has 0 amide bonds. The van der Waals surface area contributed by atoms with Gasteiger partial charge < -0.3 is 0 Å². The van der Waals surface area contributed by atoms with Gasteiger partial charge in [0, 0.05) is 0 Å². The van der Waals surface area contributed by atoms with Crippen LogP contribution in [0.1, 0.15) is 75.3 Å². The van der Waals surface area contributed by atoms with Crippen LogP contribution in [0, 0.1) is 11.7 Å². The fraction of sp³-hybridized carbons (Fsp3) is 0.600. The highest BCUT2D eigenvalue weighted by Crippen LogP contribution is 2.38. The molecule has 0 aliphatic heterocycles. The third-order valence-electron chi connectivity index (χ3n) is 5.04. The molecule has 1 saturated carbocycles. The number of unbranched alkanes of at least 4 members (excludes halogenated alkanes) is 2. The van der Waals surface area contributed by atoms with Crippen LogP contribution >= 0.6 is 0 Å². The van der Waals surface area contributed by atoms with Gasteiger partial charge in [0.1, 0.15) is 5.82 Å². The minimum Gasteiger partial charge on any atom is -0.216 e. The number of halogens is 2. The third kappa shape index (κ3) is 4.93. The summed E-state index contributed by atoms with van der Waals surface area (Å²) in [5.74, 6) is 1.19. The molecule has 0 bridgehead atoms. The third-order valence-corrected chi connectivity index (χ3v) is 5.04. The average Bonchev–Trinajstić information content (AvgIpc) is 2.54. The van der Waals surface area contributed by atoms with Crippen molar-refractivity contribution in [2.45, 2.75) is 70.6 Å². The average molecular weight is 306 g/mol. The zero-order valence-corrected chi connectivity index (χ0v) is 13.7. The van der Waals surface area contributed by atoms with Crippen molar-refractivity contribution >= 4 is 0 Å². The monoisotopic (exact) mass is 306 g/mol. The molecule has 2 heteroatoms. The lowest BCUT2D eigenvalue weighted by Crippen LogP contribution is -2.13. The van der Waals surface area contributed by atoms with Crippen LogP contribution in [0.15, 0.2) is 30.6 Å². The van der Waals surface area contributed by atoms with Gasteiger partial charge in [0.25, 0.3) is 0 Å². The number of allylic oxidation sites excluding steroid dienone is 1. The summed E-state index contributed by atoms with van der Waals surface area (Å²) in [6.07, 6.45) is 12.4. The van der Waals surface area contributed by atoms with Crippen LogP contribution < -0.4 is 0 Å². The molecule has 0 atom stereocenters. The maximum atomic E-state index is 14.1. The highest BCUT2D eigenvalue weighted by atomic mass is 19.1. The van der Waals surface area contributed by atoms with Crippen LogP contribution in [0.2, 0.25) is 0 Å². The van der Waals surface area contributed by atoms with Gasteiger partial charge in [-0.05, 0) is 61.1 Å². The second kappa shape index (κ2) is 9.07. The summed E-state index contributed by atoms with van der Waals surface area (Å²) < 4.78 is 26.1. The molecule has 0 heterocycles. The zero-order chi connectivity index (χ0) is 15.8. The number of benzene rings is 1. The van der Waals surface area contributed by atoms with Crippen LogP contribution in [0.3, 0.4) is 0 Å². The minimum absolute atomic E-state index is 0.194. The minimum atomic E-state index is -0.194. The molecule has 1 aliphatic rings. The molecule has 2 rings (SSSR count). The smallest absolute Gasteiger partial charge is 0.126 e. The highest BCUT2D eigenvalue weighted by molar-refractivity contribution is 5.28. The van der Waals surface area contributed by atoms with Gasteiger partial charge in [-0.1, -0.05) is 50.8 Å². The van der Waals surface area contributed by atoms with E-state index in [1.54, 1.807) is 6.07 Å². The van der Waals surface area contributed by atoms with Crippen molar-refractivity contribution in [1.82, 2.24) is 0 Å². The molecule has 1 fully saturated rings. The molecular formula is C20H28F2. The molecule has 0 N–H and O–H groups in total. The maximum Gasteiger partial charge on any atom is 0.126 e. The van der Waals surface area contributed by atoms with Crippen molar-refractivity contribution < 1.29 is 8.78 Å². The van der Waals surface area contributed by atoms with Crippen molar-refractivity contribution in [3.8, 4) is 0 Å². The second-order valence-corrected chi connectivity index (χ2v) is 6.63. The Hall–Kier alpha value is -1.18. The standard InChI is InChI=1S/C20H28F2/c1-2-3-4-6-16-8-10-17(11-9-16)19-13-12-18(7-5-14-21)20(22)15-19/h5,12-17H,2-4,6-11H2,1H3. The molecule has 0 saturated heterocycles. The van der Waals surface area contributed by atoms with Crippen molar-refractivity contribution in [3.63, 3.8) is 0 Å². The van der Waals surface area contributed by atoms with Crippen molar-refractivity contribution in [1.29, 1.82) is 0 Å². The first kappa shape index (κ1) is 17.2. The van der Waals surface area contributed by atoms with Gasteiger partial charge in [-0.25, -0.2) is 8.78 Å². The van der Waals surface area contributed by atoms with E-state index < -0.39 is 0 Å². The maximum absolute atomic E-state index is 14.1. The molecule has 1 aromatic carbocycles. The largest absolute Gasteiger partial charge is 0.216 e. The van der Waals surface area contributed by atoms with Gasteiger partial charge in [-0.3, -0.25) is 0 Å². The van der Waals surface area contributed by atoms with E-state index in [2.05, 4.69) is 6.92 Å². The molecule has 0 radical (unpaired) electrons. The van der Waals surface area contributed by atoms with Gasteiger partial charge in [0.05, 0.1) is 6.33 Å². The molecule has 22 heavy (non-hydrogen) atoms. The molecule has 0 nitrogen and oxygen atoms in total. The molecule has 122 valence electrons. The lowest BCUT2D eigenvalue weighted by atomic mass is 9.77. The van der Waals surface area contributed by atoms with E-state index in [0.29, 0.717) is 24.2 Å². The van der Waals surface area contributed by atoms with Crippen LogP contribution in [0.25, 0.3) is 0 Å². The zero-order valence-electron chi connectivity index (χ0n) is 13.7. The van der Waals surface area contributed by atoms with E-state index >= 15 is 0 Å². The fourth-order valence-corrected chi connectivity index (χ4v) is 3.62. The van der Waals surface area contributed by atoms with Crippen LogP contribution in [0.5, 0.6) is 0 Å². The SMILES string of the molecule is CCCCCC1CCC(c2ccc(CC=CF)c(F)c2)CC1. The topological polar surface area (TPSA) is 0 Å². The quantitative estimate of drug-likeness (QED) is 0.491. The van der Waals surface area contributed by atoms with Crippen molar-refractivity contribution in [2.24, 2.45) is 5.92 Å². The molecular weight excluding hydrogens is 278 g/mol. The predicted octanol–water partition coefficient (Wildman–Crippen LogP) is 6.71. The van der Waals surface area contributed by atoms with Crippen LogP contribution in [-0.2, 0) is 6.42 Å². The Morgan fingerprint density at radius 1 is 1.14 bits per heavy atom. The van der Waals surface area contributed by atoms with Gasteiger partial charge >= 0.3 is 0 Å². The Morgan fingerprint density at radius 3 is 2.55 bits per heavy atom. The number of rotatable bonds is 7. The Morgan fingerprint density at radius 2 is 1.91 bits per heavy atom.